The van der Waals surface area contributed by atoms with E-state index in [-0.39, 0.29) is 5.91 Å². The van der Waals surface area contributed by atoms with Crippen molar-refractivity contribution in [3.8, 4) is 11.3 Å². The minimum absolute atomic E-state index is 0.268. The van der Waals surface area contributed by atoms with Crippen molar-refractivity contribution < 1.29 is 4.79 Å². The molecule has 0 atom stereocenters. The van der Waals surface area contributed by atoms with Gasteiger partial charge in [0.1, 0.15) is 6.33 Å². The monoisotopic (exact) mass is 360 g/mol. The smallest absolute Gasteiger partial charge is 0.272 e. The summed E-state index contributed by atoms with van der Waals surface area (Å²) in [5, 5.41) is 11.1. The summed E-state index contributed by atoms with van der Waals surface area (Å²) >= 11 is 0. The molecule has 1 aliphatic heterocycles. The van der Waals surface area contributed by atoms with Crippen LogP contribution < -0.4 is 10.2 Å². The van der Waals surface area contributed by atoms with Crippen molar-refractivity contribution in [2.45, 2.75) is 19.4 Å². The first kappa shape index (κ1) is 17.1. The van der Waals surface area contributed by atoms with Crippen LogP contribution >= 0.6 is 0 Å². The molecular formula is C20H20N6O. The van der Waals surface area contributed by atoms with Crippen molar-refractivity contribution >= 4 is 11.7 Å². The molecule has 4 rings (SSSR count). The third-order valence-electron chi connectivity index (χ3n) is 4.54. The number of rotatable bonds is 5. The lowest BCUT2D eigenvalue weighted by atomic mass is 10.1. The number of carbonyl (C=O) groups excluding carboxylic acids is 1. The maximum absolute atomic E-state index is 12.3. The quantitative estimate of drug-likeness (QED) is 0.752. The molecule has 1 N–H and O–H groups in total. The summed E-state index contributed by atoms with van der Waals surface area (Å²) in [6.07, 6.45) is 3.86. The van der Waals surface area contributed by atoms with Crippen LogP contribution in [0.5, 0.6) is 0 Å². The molecule has 0 aliphatic carbocycles. The first-order valence-corrected chi connectivity index (χ1v) is 9.03. The molecule has 1 saturated heterocycles. The summed E-state index contributed by atoms with van der Waals surface area (Å²) in [5.74, 6) is 0.558. The van der Waals surface area contributed by atoms with Gasteiger partial charge in [-0.15, -0.1) is 10.2 Å². The summed E-state index contributed by atoms with van der Waals surface area (Å²) in [4.78, 5) is 23.0. The van der Waals surface area contributed by atoms with Crippen molar-refractivity contribution in [1.29, 1.82) is 0 Å². The molecule has 136 valence electrons. The van der Waals surface area contributed by atoms with Gasteiger partial charge in [-0.1, -0.05) is 30.3 Å². The molecule has 1 aliphatic rings. The van der Waals surface area contributed by atoms with Crippen molar-refractivity contribution in [2.24, 2.45) is 0 Å². The summed E-state index contributed by atoms with van der Waals surface area (Å²) in [5.41, 5.74) is 2.87. The fourth-order valence-electron chi connectivity index (χ4n) is 3.08. The van der Waals surface area contributed by atoms with Crippen molar-refractivity contribution in [2.75, 3.05) is 18.0 Å². The first-order chi connectivity index (χ1) is 13.3. The van der Waals surface area contributed by atoms with Gasteiger partial charge in [0.05, 0.1) is 17.9 Å². The van der Waals surface area contributed by atoms with Gasteiger partial charge in [0.25, 0.3) is 5.91 Å². The van der Waals surface area contributed by atoms with Gasteiger partial charge in [-0.3, -0.25) is 4.79 Å². The second kappa shape index (κ2) is 7.90. The number of benzene rings is 1. The Labute approximate surface area is 157 Å². The Hall–Kier alpha value is -3.35. The van der Waals surface area contributed by atoms with E-state index in [1.165, 1.54) is 19.2 Å². The third kappa shape index (κ3) is 4.08. The molecule has 1 amide bonds. The molecule has 27 heavy (non-hydrogen) atoms. The Morgan fingerprint density at radius 1 is 1.00 bits per heavy atom. The SMILES string of the molecule is O=C(NCc1cc(-c2ccccc2)ncn1)c1ccc(N2CCCC2)nn1. The van der Waals surface area contributed by atoms with E-state index in [2.05, 4.69) is 30.4 Å². The Balaban J connectivity index is 1.39. The Morgan fingerprint density at radius 2 is 1.81 bits per heavy atom. The Morgan fingerprint density at radius 3 is 2.56 bits per heavy atom. The fourth-order valence-corrected chi connectivity index (χ4v) is 3.08. The van der Waals surface area contributed by atoms with Gasteiger partial charge in [0.2, 0.25) is 0 Å². The highest BCUT2D eigenvalue weighted by Crippen LogP contribution is 2.17. The van der Waals surface area contributed by atoms with E-state index < -0.39 is 0 Å². The highest BCUT2D eigenvalue weighted by atomic mass is 16.1. The van der Waals surface area contributed by atoms with Crippen molar-refractivity contribution in [1.82, 2.24) is 25.5 Å². The lowest BCUT2D eigenvalue weighted by Crippen LogP contribution is -2.25. The fraction of sp³-hybridized carbons (Fsp3) is 0.250. The predicted octanol–water partition coefficient (Wildman–Crippen LogP) is 2.46. The van der Waals surface area contributed by atoms with Crippen molar-refractivity contribution in [3.63, 3.8) is 0 Å². The number of anilines is 1. The van der Waals surface area contributed by atoms with Gasteiger partial charge in [-0.25, -0.2) is 9.97 Å². The van der Waals surface area contributed by atoms with E-state index in [1.807, 2.05) is 42.5 Å². The number of hydrogen-bond acceptors (Lipinski definition) is 6. The molecule has 0 radical (unpaired) electrons. The minimum Gasteiger partial charge on any atom is -0.355 e. The zero-order valence-electron chi connectivity index (χ0n) is 14.9. The number of nitrogens with zero attached hydrogens (tertiary/aromatic N) is 5. The molecular weight excluding hydrogens is 340 g/mol. The van der Waals surface area contributed by atoms with Crippen LogP contribution in [0.3, 0.4) is 0 Å². The van der Waals surface area contributed by atoms with Crippen LogP contribution in [0.15, 0.2) is 54.9 Å². The maximum Gasteiger partial charge on any atom is 0.272 e. The highest BCUT2D eigenvalue weighted by molar-refractivity contribution is 5.92. The number of carbonyl (C=O) groups is 1. The number of amides is 1. The first-order valence-electron chi connectivity index (χ1n) is 9.03. The van der Waals surface area contributed by atoms with E-state index in [9.17, 15) is 4.79 Å². The molecule has 0 saturated carbocycles. The second-order valence-electron chi connectivity index (χ2n) is 6.41. The Kier molecular flexibility index (Phi) is 5.00. The normalized spacial score (nSPS) is 13.6. The third-order valence-corrected chi connectivity index (χ3v) is 4.54. The predicted molar refractivity (Wildman–Crippen MR) is 102 cm³/mol. The Bertz CT molecular complexity index is 907. The molecule has 7 nitrogen and oxygen atoms in total. The molecule has 3 heterocycles. The summed E-state index contributed by atoms with van der Waals surface area (Å²) in [7, 11) is 0. The number of hydrogen-bond donors (Lipinski definition) is 1. The molecule has 0 unspecified atom stereocenters. The standard InChI is InChI=1S/C20H20N6O/c27-20(17-8-9-19(25-24-17)26-10-4-5-11-26)21-13-16-12-18(23-14-22-16)15-6-2-1-3-7-15/h1-3,6-9,12,14H,4-5,10-11,13H2,(H,21,27). The maximum atomic E-state index is 12.3. The second-order valence-corrected chi connectivity index (χ2v) is 6.41. The molecule has 0 spiro atoms. The lowest BCUT2D eigenvalue weighted by molar-refractivity contribution is 0.0944. The van der Waals surface area contributed by atoms with Gasteiger partial charge in [-0.2, -0.15) is 0 Å². The van der Waals surface area contributed by atoms with E-state index in [0.717, 1.165) is 35.9 Å². The lowest BCUT2D eigenvalue weighted by Gasteiger charge is -2.15. The van der Waals surface area contributed by atoms with Crippen LogP contribution in [0, 0.1) is 0 Å². The van der Waals surface area contributed by atoms with Crippen LogP contribution in [-0.2, 0) is 6.54 Å². The van der Waals surface area contributed by atoms with Gasteiger partial charge in [-0.05, 0) is 31.0 Å². The summed E-state index contributed by atoms with van der Waals surface area (Å²) < 4.78 is 0. The van der Waals surface area contributed by atoms with Crippen LogP contribution in [-0.4, -0.2) is 39.2 Å². The van der Waals surface area contributed by atoms with Crippen LogP contribution in [0.25, 0.3) is 11.3 Å². The van der Waals surface area contributed by atoms with Crippen LogP contribution in [0.1, 0.15) is 29.0 Å². The zero-order valence-corrected chi connectivity index (χ0v) is 14.9. The zero-order chi connectivity index (χ0) is 18.5. The highest BCUT2D eigenvalue weighted by Gasteiger charge is 2.15. The van der Waals surface area contributed by atoms with E-state index in [1.54, 1.807) is 6.07 Å². The largest absolute Gasteiger partial charge is 0.355 e. The average molecular weight is 360 g/mol. The van der Waals surface area contributed by atoms with Gasteiger partial charge >= 0.3 is 0 Å². The van der Waals surface area contributed by atoms with E-state index >= 15 is 0 Å². The van der Waals surface area contributed by atoms with Gasteiger partial charge in [0, 0.05) is 18.7 Å². The van der Waals surface area contributed by atoms with E-state index in [0.29, 0.717) is 12.2 Å². The van der Waals surface area contributed by atoms with E-state index in [4.69, 9.17) is 0 Å². The molecule has 1 aromatic carbocycles. The molecule has 3 aromatic rings. The molecule has 0 bridgehead atoms. The molecule has 2 aromatic heterocycles. The molecule has 7 heteroatoms. The molecule has 1 fully saturated rings. The average Bonchev–Trinajstić information content (AvgIpc) is 3.28. The van der Waals surface area contributed by atoms with Gasteiger partial charge in [0.15, 0.2) is 11.5 Å². The number of nitrogens with one attached hydrogen (secondary N) is 1. The van der Waals surface area contributed by atoms with Crippen molar-refractivity contribution in [3.05, 3.63) is 66.2 Å². The minimum atomic E-state index is -0.268. The summed E-state index contributed by atoms with van der Waals surface area (Å²) in [6, 6.07) is 15.3. The van der Waals surface area contributed by atoms with Crippen LogP contribution in [0.4, 0.5) is 5.82 Å². The topological polar surface area (TPSA) is 83.9 Å². The summed E-state index contributed by atoms with van der Waals surface area (Å²) in [6.45, 7) is 2.30. The van der Waals surface area contributed by atoms with Crippen LogP contribution in [0.2, 0.25) is 0 Å². The number of aromatic nitrogens is 4. The van der Waals surface area contributed by atoms with Gasteiger partial charge < -0.3 is 10.2 Å².